The SMILES string of the molecule is NC(=O)N1CC(NC(=O)c2cc(-c3ccc(F)cc3F)on2)C1. The molecule has 0 unspecified atom stereocenters. The van der Waals surface area contributed by atoms with Crippen molar-refractivity contribution in [1.29, 1.82) is 0 Å². The minimum absolute atomic E-state index is 0.00139. The third-order valence-corrected chi connectivity index (χ3v) is 3.47. The molecule has 1 fully saturated rings. The number of urea groups is 1. The van der Waals surface area contributed by atoms with E-state index in [0.29, 0.717) is 19.2 Å². The summed E-state index contributed by atoms with van der Waals surface area (Å²) in [6.07, 6.45) is 0. The van der Waals surface area contributed by atoms with E-state index in [4.69, 9.17) is 10.3 Å². The van der Waals surface area contributed by atoms with Crippen LogP contribution in [0.4, 0.5) is 13.6 Å². The fraction of sp³-hybridized carbons (Fsp3) is 0.214. The molecule has 0 atom stereocenters. The van der Waals surface area contributed by atoms with Gasteiger partial charge in [0.05, 0.1) is 11.6 Å². The van der Waals surface area contributed by atoms with Crippen LogP contribution in [0.5, 0.6) is 0 Å². The van der Waals surface area contributed by atoms with E-state index < -0.39 is 23.6 Å². The highest BCUT2D eigenvalue weighted by atomic mass is 19.1. The molecule has 3 amide bonds. The van der Waals surface area contributed by atoms with Crippen molar-refractivity contribution in [1.82, 2.24) is 15.4 Å². The van der Waals surface area contributed by atoms with Crippen molar-refractivity contribution in [2.24, 2.45) is 5.73 Å². The van der Waals surface area contributed by atoms with Crippen LogP contribution in [-0.4, -0.2) is 41.1 Å². The molecular formula is C14H12F2N4O3. The Hall–Kier alpha value is -2.97. The summed E-state index contributed by atoms with van der Waals surface area (Å²) < 4.78 is 31.5. The third-order valence-electron chi connectivity index (χ3n) is 3.47. The van der Waals surface area contributed by atoms with Gasteiger partial charge in [0.1, 0.15) is 11.6 Å². The number of amides is 3. The number of hydrogen-bond acceptors (Lipinski definition) is 4. The monoisotopic (exact) mass is 322 g/mol. The molecule has 1 aliphatic heterocycles. The quantitative estimate of drug-likeness (QED) is 0.884. The predicted molar refractivity (Wildman–Crippen MR) is 74.3 cm³/mol. The van der Waals surface area contributed by atoms with Crippen LogP contribution < -0.4 is 11.1 Å². The van der Waals surface area contributed by atoms with Crippen molar-refractivity contribution in [3.63, 3.8) is 0 Å². The zero-order valence-corrected chi connectivity index (χ0v) is 11.8. The van der Waals surface area contributed by atoms with Crippen LogP contribution in [-0.2, 0) is 0 Å². The summed E-state index contributed by atoms with van der Waals surface area (Å²) in [7, 11) is 0. The molecule has 0 aliphatic carbocycles. The first-order chi connectivity index (χ1) is 10.9. The first-order valence-corrected chi connectivity index (χ1v) is 6.71. The molecule has 1 aliphatic rings. The molecule has 2 aromatic rings. The van der Waals surface area contributed by atoms with Crippen molar-refractivity contribution in [3.05, 3.63) is 41.6 Å². The first kappa shape index (κ1) is 14.9. The molecule has 0 bridgehead atoms. The Morgan fingerprint density at radius 3 is 2.70 bits per heavy atom. The largest absolute Gasteiger partial charge is 0.355 e. The Bertz CT molecular complexity index is 771. The molecule has 3 rings (SSSR count). The number of nitrogens with two attached hydrogens (primary N) is 1. The van der Waals surface area contributed by atoms with E-state index in [1.807, 2.05) is 0 Å². The second kappa shape index (κ2) is 5.67. The maximum atomic E-state index is 13.7. The molecule has 7 nitrogen and oxygen atoms in total. The number of aromatic nitrogens is 1. The number of carbonyl (C=O) groups is 2. The van der Waals surface area contributed by atoms with Gasteiger partial charge in [-0.1, -0.05) is 5.16 Å². The van der Waals surface area contributed by atoms with Crippen LogP contribution >= 0.6 is 0 Å². The van der Waals surface area contributed by atoms with E-state index in [9.17, 15) is 18.4 Å². The van der Waals surface area contributed by atoms with Crippen molar-refractivity contribution >= 4 is 11.9 Å². The van der Waals surface area contributed by atoms with E-state index in [-0.39, 0.29) is 23.1 Å². The number of hydrogen-bond donors (Lipinski definition) is 2. The van der Waals surface area contributed by atoms with Gasteiger partial charge in [0.25, 0.3) is 5.91 Å². The smallest absolute Gasteiger partial charge is 0.314 e. The summed E-state index contributed by atoms with van der Waals surface area (Å²) in [6, 6.07) is 3.47. The standard InChI is InChI=1S/C14H12F2N4O3/c15-7-1-2-9(10(16)3-7)12-4-11(19-23-12)13(21)18-8-5-20(6-8)14(17)22/h1-4,8H,5-6H2,(H2,17,22)(H,18,21). The Kier molecular flexibility index (Phi) is 3.68. The molecule has 1 aromatic heterocycles. The van der Waals surface area contributed by atoms with Crippen LogP contribution in [0.3, 0.4) is 0 Å². The molecule has 0 radical (unpaired) electrons. The number of likely N-dealkylation sites (tertiary alicyclic amines) is 1. The van der Waals surface area contributed by atoms with E-state index in [2.05, 4.69) is 10.5 Å². The summed E-state index contributed by atoms with van der Waals surface area (Å²) in [5, 5.41) is 6.21. The van der Waals surface area contributed by atoms with Gasteiger partial charge in [-0.05, 0) is 12.1 Å². The van der Waals surface area contributed by atoms with Gasteiger partial charge in [-0.3, -0.25) is 4.79 Å². The van der Waals surface area contributed by atoms with Crippen molar-refractivity contribution in [2.75, 3.05) is 13.1 Å². The molecule has 1 saturated heterocycles. The molecule has 23 heavy (non-hydrogen) atoms. The van der Waals surface area contributed by atoms with Gasteiger partial charge < -0.3 is 20.5 Å². The zero-order valence-electron chi connectivity index (χ0n) is 11.8. The van der Waals surface area contributed by atoms with Crippen LogP contribution in [0.15, 0.2) is 28.8 Å². The lowest BCUT2D eigenvalue weighted by Crippen LogP contribution is -2.62. The van der Waals surface area contributed by atoms with Crippen LogP contribution in [0.2, 0.25) is 0 Å². The molecule has 9 heteroatoms. The van der Waals surface area contributed by atoms with Crippen LogP contribution in [0.25, 0.3) is 11.3 Å². The van der Waals surface area contributed by atoms with Gasteiger partial charge in [0.2, 0.25) is 0 Å². The summed E-state index contributed by atoms with van der Waals surface area (Å²) in [5.74, 6) is -2.03. The second-order valence-electron chi connectivity index (χ2n) is 5.11. The topological polar surface area (TPSA) is 101 Å². The Balaban J connectivity index is 1.67. The molecule has 0 spiro atoms. The number of benzene rings is 1. The molecular weight excluding hydrogens is 310 g/mol. The van der Waals surface area contributed by atoms with E-state index in [1.54, 1.807) is 0 Å². The van der Waals surface area contributed by atoms with Gasteiger partial charge >= 0.3 is 6.03 Å². The average molecular weight is 322 g/mol. The normalized spacial score (nSPS) is 14.4. The highest BCUT2D eigenvalue weighted by Gasteiger charge is 2.31. The van der Waals surface area contributed by atoms with Gasteiger partial charge in [0, 0.05) is 25.2 Å². The maximum Gasteiger partial charge on any atom is 0.314 e. The summed E-state index contributed by atoms with van der Waals surface area (Å²) in [6.45, 7) is 0.636. The maximum absolute atomic E-state index is 13.7. The summed E-state index contributed by atoms with van der Waals surface area (Å²) >= 11 is 0. The Morgan fingerprint density at radius 2 is 2.04 bits per heavy atom. The molecule has 2 heterocycles. The Morgan fingerprint density at radius 1 is 1.30 bits per heavy atom. The average Bonchev–Trinajstić information content (AvgIpc) is 2.91. The number of halogens is 2. The second-order valence-corrected chi connectivity index (χ2v) is 5.11. The number of carbonyl (C=O) groups excluding carboxylic acids is 2. The van der Waals surface area contributed by atoms with E-state index in [1.165, 1.54) is 17.0 Å². The highest BCUT2D eigenvalue weighted by Crippen LogP contribution is 2.24. The number of primary amides is 1. The van der Waals surface area contributed by atoms with Crippen LogP contribution in [0.1, 0.15) is 10.5 Å². The third kappa shape index (κ3) is 2.98. The number of nitrogens with one attached hydrogen (secondary N) is 1. The van der Waals surface area contributed by atoms with Crippen molar-refractivity contribution in [2.45, 2.75) is 6.04 Å². The summed E-state index contributed by atoms with van der Waals surface area (Å²) in [4.78, 5) is 24.2. The van der Waals surface area contributed by atoms with Gasteiger partial charge in [-0.25, -0.2) is 13.6 Å². The lowest BCUT2D eigenvalue weighted by Gasteiger charge is -2.37. The lowest BCUT2D eigenvalue weighted by atomic mass is 10.1. The fourth-order valence-corrected chi connectivity index (χ4v) is 2.21. The number of nitrogens with zero attached hydrogens (tertiary/aromatic N) is 2. The summed E-state index contributed by atoms with van der Waals surface area (Å²) in [5.41, 5.74) is 5.04. The lowest BCUT2D eigenvalue weighted by molar-refractivity contribution is 0.0852. The molecule has 0 saturated carbocycles. The van der Waals surface area contributed by atoms with Gasteiger partial charge in [0.15, 0.2) is 11.5 Å². The van der Waals surface area contributed by atoms with E-state index in [0.717, 1.165) is 6.07 Å². The first-order valence-electron chi connectivity index (χ1n) is 6.71. The van der Waals surface area contributed by atoms with Gasteiger partial charge in [-0.2, -0.15) is 0 Å². The van der Waals surface area contributed by atoms with Crippen molar-refractivity contribution < 1.29 is 22.9 Å². The Labute approximate surface area is 129 Å². The predicted octanol–water partition coefficient (Wildman–Crippen LogP) is 1.11. The number of rotatable bonds is 3. The molecule has 120 valence electrons. The highest BCUT2D eigenvalue weighted by molar-refractivity contribution is 5.93. The van der Waals surface area contributed by atoms with Crippen molar-refractivity contribution in [3.8, 4) is 11.3 Å². The van der Waals surface area contributed by atoms with Crippen LogP contribution in [0, 0.1) is 11.6 Å². The molecule has 3 N–H and O–H groups in total. The minimum Gasteiger partial charge on any atom is -0.355 e. The fourth-order valence-electron chi connectivity index (χ4n) is 2.21. The van der Waals surface area contributed by atoms with E-state index >= 15 is 0 Å². The molecule has 1 aromatic carbocycles. The van der Waals surface area contributed by atoms with Gasteiger partial charge in [-0.15, -0.1) is 0 Å². The minimum atomic E-state index is -0.816. The zero-order chi connectivity index (χ0) is 16.6.